The van der Waals surface area contributed by atoms with Crippen molar-refractivity contribution in [3.63, 3.8) is 0 Å². The van der Waals surface area contributed by atoms with E-state index in [1.54, 1.807) is 6.08 Å². The van der Waals surface area contributed by atoms with E-state index in [9.17, 15) is 5.11 Å². The van der Waals surface area contributed by atoms with Gasteiger partial charge in [-0.05, 0) is 18.6 Å². The maximum absolute atomic E-state index is 9.73. The van der Waals surface area contributed by atoms with Crippen molar-refractivity contribution >= 4 is 0 Å². The smallest absolute Gasteiger partial charge is 0.124 e. The zero-order chi connectivity index (χ0) is 11.4. The summed E-state index contributed by atoms with van der Waals surface area (Å²) in [5, 5.41) is 9.73. The van der Waals surface area contributed by atoms with Crippen LogP contribution in [0.25, 0.3) is 0 Å². The van der Waals surface area contributed by atoms with Crippen molar-refractivity contribution in [2.45, 2.75) is 31.8 Å². The Labute approximate surface area is 95.3 Å². The zero-order valence-electron chi connectivity index (χ0n) is 9.24. The van der Waals surface area contributed by atoms with Crippen molar-refractivity contribution in [1.29, 1.82) is 0 Å². The van der Waals surface area contributed by atoms with E-state index in [2.05, 4.69) is 0 Å². The Kier molecular flexibility index (Phi) is 3.59. The quantitative estimate of drug-likeness (QED) is 0.845. The van der Waals surface area contributed by atoms with Gasteiger partial charge in [0.15, 0.2) is 0 Å². The molecule has 3 nitrogen and oxygen atoms in total. The molecule has 1 aromatic carbocycles. The second-order valence-corrected chi connectivity index (χ2v) is 3.92. The van der Waals surface area contributed by atoms with E-state index in [4.69, 9.17) is 9.47 Å². The number of hydrogen-bond donors (Lipinski definition) is 1. The summed E-state index contributed by atoms with van der Waals surface area (Å²) in [5.41, 5.74) is 1.09. The van der Waals surface area contributed by atoms with Crippen LogP contribution >= 0.6 is 0 Å². The predicted octanol–water partition coefficient (Wildman–Crippen LogP) is 1.87. The number of hydrogen-bond acceptors (Lipinski definition) is 3. The van der Waals surface area contributed by atoms with Gasteiger partial charge in [-0.25, -0.2) is 0 Å². The SMILES string of the molecule is C[C@H]1OC=C[C@@H](O)[C@@H]1OCc1ccccc1. The first kappa shape index (κ1) is 11.2. The van der Waals surface area contributed by atoms with Crippen molar-refractivity contribution in [2.75, 3.05) is 0 Å². The van der Waals surface area contributed by atoms with Gasteiger partial charge in [0.1, 0.15) is 18.3 Å². The van der Waals surface area contributed by atoms with Gasteiger partial charge in [0, 0.05) is 0 Å². The molecule has 86 valence electrons. The van der Waals surface area contributed by atoms with E-state index in [0.717, 1.165) is 5.56 Å². The predicted molar refractivity (Wildman–Crippen MR) is 60.7 cm³/mol. The summed E-state index contributed by atoms with van der Waals surface area (Å²) < 4.78 is 11.0. The lowest BCUT2D eigenvalue weighted by Crippen LogP contribution is -2.40. The first-order valence-electron chi connectivity index (χ1n) is 5.43. The molecular weight excluding hydrogens is 204 g/mol. The summed E-state index contributed by atoms with van der Waals surface area (Å²) in [5.74, 6) is 0. The van der Waals surface area contributed by atoms with E-state index in [1.807, 2.05) is 37.3 Å². The molecule has 3 heteroatoms. The minimum Gasteiger partial charge on any atom is -0.496 e. The molecule has 16 heavy (non-hydrogen) atoms. The highest BCUT2D eigenvalue weighted by molar-refractivity contribution is 5.13. The molecule has 3 atom stereocenters. The summed E-state index contributed by atoms with van der Waals surface area (Å²) in [4.78, 5) is 0. The second-order valence-electron chi connectivity index (χ2n) is 3.92. The Hall–Kier alpha value is -1.32. The topological polar surface area (TPSA) is 38.7 Å². The monoisotopic (exact) mass is 220 g/mol. The van der Waals surface area contributed by atoms with Crippen molar-refractivity contribution < 1.29 is 14.6 Å². The summed E-state index contributed by atoms with van der Waals surface area (Å²) in [6.07, 6.45) is 2.12. The molecule has 0 amide bonds. The van der Waals surface area contributed by atoms with Gasteiger partial charge < -0.3 is 14.6 Å². The maximum Gasteiger partial charge on any atom is 0.124 e. The highest BCUT2D eigenvalue weighted by Crippen LogP contribution is 2.17. The van der Waals surface area contributed by atoms with Crippen LogP contribution in [0.4, 0.5) is 0 Å². The largest absolute Gasteiger partial charge is 0.496 e. The van der Waals surface area contributed by atoms with Gasteiger partial charge in [-0.15, -0.1) is 0 Å². The van der Waals surface area contributed by atoms with Crippen LogP contribution in [0.15, 0.2) is 42.7 Å². The molecule has 1 aliphatic heterocycles. The molecule has 0 radical (unpaired) electrons. The van der Waals surface area contributed by atoms with Gasteiger partial charge in [-0.2, -0.15) is 0 Å². The lowest BCUT2D eigenvalue weighted by molar-refractivity contribution is -0.102. The fraction of sp³-hybridized carbons (Fsp3) is 0.385. The van der Waals surface area contributed by atoms with Crippen molar-refractivity contribution in [2.24, 2.45) is 0 Å². The summed E-state index contributed by atoms with van der Waals surface area (Å²) in [6, 6.07) is 9.90. The maximum atomic E-state index is 9.73. The average Bonchev–Trinajstić information content (AvgIpc) is 2.30. The second kappa shape index (κ2) is 5.14. The number of aliphatic hydroxyl groups is 1. The summed E-state index contributed by atoms with van der Waals surface area (Å²) >= 11 is 0. The van der Waals surface area contributed by atoms with Gasteiger partial charge in [-0.1, -0.05) is 30.3 Å². The summed E-state index contributed by atoms with van der Waals surface area (Å²) in [6.45, 7) is 2.38. The van der Waals surface area contributed by atoms with Crippen LogP contribution in [0.1, 0.15) is 12.5 Å². The molecule has 0 fully saturated rings. The summed E-state index contributed by atoms with van der Waals surface area (Å²) in [7, 11) is 0. The number of aliphatic hydroxyl groups excluding tert-OH is 1. The molecule has 0 aromatic heterocycles. The highest BCUT2D eigenvalue weighted by atomic mass is 16.5. The molecule has 0 saturated heterocycles. The van der Waals surface area contributed by atoms with Crippen LogP contribution < -0.4 is 0 Å². The minimum atomic E-state index is -0.590. The fourth-order valence-electron chi connectivity index (χ4n) is 1.72. The Balaban J connectivity index is 1.92. The normalized spacial score (nSPS) is 28.8. The Morgan fingerprint density at radius 1 is 1.31 bits per heavy atom. The Bertz CT molecular complexity index is 347. The third-order valence-electron chi connectivity index (χ3n) is 2.65. The number of benzene rings is 1. The molecule has 1 aliphatic rings. The van der Waals surface area contributed by atoms with Crippen LogP contribution in [0.2, 0.25) is 0 Å². The van der Waals surface area contributed by atoms with Crippen molar-refractivity contribution in [1.82, 2.24) is 0 Å². The van der Waals surface area contributed by atoms with Gasteiger partial charge in [0.25, 0.3) is 0 Å². The van der Waals surface area contributed by atoms with Crippen LogP contribution in [0, 0.1) is 0 Å². The third-order valence-corrected chi connectivity index (χ3v) is 2.65. The highest BCUT2D eigenvalue weighted by Gasteiger charge is 2.28. The van der Waals surface area contributed by atoms with E-state index < -0.39 is 6.10 Å². The first-order chi connectivity index (χ1) is 7.77. The minimum absolute atomic E-state index is 0.122. The van der Waals surface area contributed by atoms with E-state index in [0.29, 0.717) is 6.61 Å². The number of ether oxygens (including phenoxy) is 2. The van der Waals surface area contributed by atoms with Crippen LogP contribution in [-0.4, -0.2) is 23.4 Å². The Morgan fingerprint density at radius 3 is 2.75 bits per heavy atom. The average molecular weight is 220 g/mol. The van der Waals surface area contributed by atoms with E-state index >= 15 is 0 Å². The van der Waals surface area contributed by atoms with E-state index in [1.165, 1.54) is 6.26 Å². The fourth-order valence-corrected chi connectivity index (χ4v) is 1.72. The molecule has 1 heterocycles. The molecule has 1 aromatic rings. The van der Waals surface area contributed by atoms with Gasteiger partial charge in [-0.3, -0.25) is 0 Å². The molecular formula is C13H16O3. The van der Waals surface area contributed by atoms with Gasteiger partial charge in [0.2, 0.25) is 0 Å². The molecule has 0 spiro atoms. The van der Waals surface area contributed by atoms with Crippen LogP contribution in [0.3, 0.4) is 0 Å². The standard InChI is InChI=1S/C13H16O3/c1-10-13(12(14)7-8-15-10)16-9-11-5-3-2-4-6-11/h2-8,10,12-14H,9H2,1H3/t10-,12-,13-/m1/s1. The van der Waals surface area contributed by atoms with Crippen molar-refractivity contribution in [3.05, 3.63) is 48.2 Å². The molecule has 0 bridgehead atoms. The van der Waals surface area contributed by atoms with Crippen LogP contribution in [-0.2, 0) is 16.1 Å². The lowest BCUT2D eigenvalue weighted by Gasteiger charge is -2.29. The zero-order valence-corrected chi connectivity index (χ0v) is 9.24. The van der Waals surface area contributed by atoms with Gasteiger partial charge >= 0.3 is 0 Å². The van der Waals surface area contributed by atoms with Gasteiger partial charge in [0.05, 0.1) is 12.9 Å². The molecule has 0 saturated carbocycles. The first-order valence-corrected chi connectivity index (χ1v) is 5.43. The lowest BCUT2D eigenvalue weighted by atomic mass is 10.1. The number of rotatable bonds is 3. The van der Waals surface area contributed by atoms with Crippen LogP contribution in [0.5, 0.6) is 0 Å². The molecule has 0 aliphatic carbocycles. The molecule has 1 N–H and O–H groups in total. The van der Waals surface area contributed by atoms with E-state index in [-0.39, 0.29) is 12.2 Å². The Morgan fingerprint density at radius 2 is 2.06 bits per heavy atom. The molecule has 0 unspecified atom stereocenters. The van der Waals surface area contributed by atoms with Crippen molar-refractivity contribution in [3.8, 4) is 0 Å². The molecule has 2 rings (SSSR count). The third kappa shape index (κ3) is 2.62.